The second-order valence-electron chi connectivity index (χ2n) is 5.44. The fraction of sp³-hybridized carbons (Fsp3) is 0.412. The molecule has 1 fully saturated rings. The summed E-state index contributed by atoms with van der Waals surface area (Å²) in [5.41, 5.74) is 3.57. The molecule has 1 N–H and O–H groups in total. The Bertz CT molecular complexity index is 633. The molecule has 3 nitrogen and oxygen atoms in total. The minimum absolute atomic E-state index is 0.786. The summed E-state index contributed by atoms with van der Waals surface area (Å²) in [5.74, 6) is 2.47. The number of rotatable bonds is 5. The Hall–Kier alpha value is -1.42. The standard InChI is InChI=1S/C17H20BrN3/c1-3-14-15(18)17(19-4-2)21-16(20-14)13-9-7-12(8-10-13)11-5-6-11/h7-11H,3-6H2,1-2H3,(H,19,20,21). The van der Waals surface area contributed by atoms with Gasteiger partial charge in [0.2, 0.25) is 0 Å². The molecular weight excluding hydrogens is 326 g/mol. The van der Waals surface area contributed by atoms with Crippen LogP contribution >= 0.6 is 15.9 Å². The highest BCUT2D eigenvalue weighted by Crippen LogP contribution is 2.40. The molecule has 4 heteroatoms. The van der Waals surface area contributed by atoms with E-state index in [0.29, 0.717) is 0 Å². The predicted octanol–water partition coefficient (Wildman–Crippen LogP) is 4.78. The molecule has 0 unspecified atom stereocenters. The first kappa shape index (κ1) is 14.5. The highest BCUT2D eigenvalue weighted by Gasteiger charge is 2.23. The van der Waals surface area contributed by atoms with Crippen LogP contribution in [0.25, 0.3) is 11.4 Å². The third-order valence-corrected chi connectivity index (χ3v) is 4.65. The highest BCUT2D eigenvalue weighted by atomic mass is 79.9. The van der Waals surface area contributed by atoms with E-state index in [1.165, 1.54) is 18.4 Å². The molecule has 1 aliphatic rings. The van der Waals surface area contributed by atoms with Crippen molar-refractivity contribution in [1.82, 2.24) is 9.97 Å². The molecule has 1 heterocycles. The van der Waals surface area contributed by atoms with Gasteiger partial charge in [0.15, 0.2) is 5.82 Å². The summed E-state index contributed by atoms with van der Waals surface area (Å²) in [5, 5.41) is 3.30. The van der Waals surface area contributed by atoms with Gasteiger partial charge in [-0.1, -0.05) is 31.2 Å². The SMILES string of the molecule is CCNc1nc(-c2ccc(C3CC3)cc2)nc(CC)c1Br. The Balaban J connectivity index is 1.97. The van der Waals surface area contributed by atoms with Gasteiger partial charge in [-0.25, -0.2) is 9.97 Å². The summed E-state index contributed by atoms with van der Waals surface area (Å²) in [6.45, 7) is 5.03. The lowest BCUT2D eigenvalue weighted by molar-refractivity contribution is 0.983. The summed E-state index contributed by atoms with van der Waals surface area (Å²) in [6, 6.07) is 8.73. The quantitative estimate of drug-likeness (QED) is 0.847. The minimum atomic E-state index is 0.786. The smallest absolute Gasteiger partial charge is 0.161 e. The van der Waals surface area contributed by atoms with Crippen molar-refractivity contribution in [2.75, 3.05) is 11.9 Å². The third-order valence-electron chi connectivity index (χ3n) is 3.82. The third kappa shape index (κ3) is 3.10. The van der Waals surface area contributed by atoms with Crippen LogP contribution in [0.5, 0.6) is 0 Å². The summed E-state index contributed by atoms with van der Waals surface area (Å²) < 4.78 is 0.977. The zero-order valence-electron chi connectivity index (χ0n) is 12.5. The van der Waals surface area contributed by atoms with E-state index in [2.05, 4.69) is 64.3 Å². The molecule has 0 bridgehead atoms. The molecule has 3 rings (SSSR count). The maximum atomic E-state index is 4.70. The molecule has 0 aliphatic heterocycles. The molecule has 21 heavy (non-hydrogen) atoms. The van der Waals surface area contributed by atoms with Crippen LogP contribution in [0.4, 0.5) is 5.82 Å². The van der Waals surface area contributed by atoms with Crippen LogP contribution < -0.4 is 5.32 Å². The van der Waals surface area contributed by atoms with Crippen LogP contribution in [0.2, 0.25) is 0 Å². The fourth-order valence-electron chi connectivity index (χ4n) is 2.46. The average Bonchev–Trinajstić information content (AvgIpc) is 3.34. The number of nitrogens with one attached hydrogen (secondary N) is 1. The van der Waals surface area contributed by atoms with Gasteiger partial charge in [0.1, 0.15) is 5.82 Å². The van der Waals surface area contributed by atoms with Crippen LogP contribution in [0.15, 0.2) is 28.7 Å². The predicted molar refractivity (Wildman–Crippen MR) is 90.7 cm³/mol. The van der Waals surface area contributed by atoms with Crippen molar-refractivity contribution in [3.63, 3.8) is 0 Å². The van der Waals surface area contributed by atoms with E-state index in [0.717, 1.165) is 46.3 Å². The number of benzene rings is 1. The molecule has 0 radical (unpaired) electrons. The van der Waals surface area contributed by atoms with Gasteiger partial charge in [-0.2, -0.15) is 0 Å². The Morgan fingerprint density at radius 2 is 1.86 bits per heavy atom. The van der Waals surface area contributed by atoms with Crippen molar-refractivity contribution in [1.29, 1.82) is 0 Å². The summed E-state index contributed by atoms with van der Waals surface area (Å²) in [7, 11) is 0. The Morgan fingerprint density at radius 3 is 2.43 bits per heavy atom. The van der Waals surface area contributed by atoms with Crippen molar-refractivity contribution < 1.29 is 0 Å². The van der Waals surface area contributed by atoms with E-state index in [-0.39, 0.29) is 0 Å². The molecule has 1 aromatic heterocycles. The molecule has 0 atom stereocenters. The monoisotopic (exact) mass is 345 g/mol. The van der Waals surface area contributed by atoms with Gasteiger partial charge in [0, 0.05) is 12.1 Å². The van der Waals surface area contributed by atoms with E-state index in [1.54, 1.807) is 0 Å². The van der Waals surface area contributed by atoms with Crippen LogP contribution in [-0.2, 0) is 6.42 Å². The van der Waals surface area contributed by atoms with Gasteiger partial charge in [-0.15, -0.1) is 0 Å². The lowest BCUT2D eigenvalue weighted by Crippen LogP contribution is -2.05. The molecule has 0 amide bonds. The number of nitrogens with zero attached hydrogens (tertiary/aromatic N) is 2. The van der Waals surface area contributed by atoms with Crippen molar-refractivity contribution in [3.05, 3.63) is 40.0 Å². The number of anilines is 1. The van der Waals surface area contributed by atoms with E-state index in [9.17, 15) is 0 Å². The van der Waals surface area contributed by atoms with E-state index >= 15 is 0 Å². The van der Waals surface area contributed by atoms with Crippen molar-refractivity contribution >= 4 is 21.7 Å². The van der Waals surface area contributed by atoms with E-state index < -0.39 is 0 Å². The Labute approximate surface area is 134 Å². The topological polar surface area (TPSA) is 37.8 Å². The van der Waals surface area contributed by atoms with Crippen molar-refractivity contribution in [2.45, 2.75) is 39.0 Å². The van der Waals surface area contributed by atoms with Crippen LogP contribution in [0.3, 0.4) is 0 Å². The number of halogens is 1. The zero-order chi connectivity index (χ0) is 14.8. The Kier molecular flexibility index (Phi) is 4.24. The first-order valence-corrected chi connectivity index (χ1v) is 8.42. The van der Waals surface area contributed by atoms with Crippen molar-refractivity contribution in [2.24, 2.45) is 0 Å². The maximum Gasteiger partial charge on any atom is 0.161 e. The molecule has 1 aromatic carbocycles. The molecule has 1 aliphatic carbocycles. The number of hydrogen-bond acceptors (Lipinski definition) is 3. The van der Waals surface area contributed by atoms with Gasteiger partial charge in [0.05, 0.1) is 10.2 Å². The van der Waals surface area contributed by atoms with Crippen LogP contribution in [0.1, 0.15) is 43.9 Å². The molecule has 110 valence electrons. The largest absolute Gasteiger partial charge is 0.369 e. The molecular formula is C17H20BrN3. The van der Waals surface area contributed by atoms with E-state index in [1.807, 2.05) is 0 Å². The number of aryl methyl sites for hydroxylation is 1. The zero-order valence-corrected chi connectivity index (χ0v) is 14.1. The second-order valence-corrected chi connectivity index (χ2v) is 6.23. The number of aromatic nitrogens is 2. The average molecular weight is 346 g/mol. The van der Waals surface area contributed by atoms with E-state index in [4.69, 9.17) is 4.98 Å². The maximum absolute atomic E-state index is 4.70. The van der Waals surface area contributed by atoms with Crippen molar-refractivity contribution in [3.8, 4) is 11.4 Å². The van der Waals surface area contributed by atoms with Gasteiger partial charge in [0.25, 0.3) is 0 Å². The van der Waals surface area contributed by atoms with Gasteiger partial charge in [-0.3, -0.25) is 0 Å². The van der Waals surface area contributed by atoms with Crippen LogP contribution in [0, 0.1) is 0 Å². The highest BCUT2D eigenvalue weighted by molar-refractivity contribution is 9.10. The molecule has 0 saturated heterocycles. The lowest BCUT2D eigenvalue weighted by Gasteiger charge is -2.11. The first-order chi connectivity index (χ1) is 10.2. The minimum Gasteiger partial charge on any atom is -0.369 e. The summed E-state index contributed by atoms with van der Waals surface area (Å²) in [6.07, 6.45) is 3.55. The summed E-state index contributed by atoms with van der Waals surface area (Å²) >= 11 is 3.60. The van der Waals surface area contributed by atoms with Gasteiger partial charge in [-0.05, 0) is 53.6 Å². The van der Waals surface area contributed by atoms with Gasteiger partial charge < -0.3 is 5.32 Å². The van der Waals surface area contributed by atoms with Crippen LogP contribution in [-0.4, -0.2) is 16.5 Å². The summed E-state index contributed by atoms with van der Waals surface area (Å²) in [4.78, 5) is 9.36. The number of hydrogen-bond donors (Lipinski definition) is 1. The van der Waals surface area contributed by atoms with Gasteiger partial charge >= 0.3 is 0 Å². The normalized spacial score (nSPS) is 14.2. The second kappa shape index (κ2) is 6.14. The first-order valence-electron chi connectivity index (χ1n) is 7.63. The fourth-order valence-corrected chi connectivity index (χ4v) is 3.06. The molecule has 2 aromatic rings. The Morgan fingerprint density at radius 1 is 1.14 bits per heavy atom. The molecule has 0 spiro atoms. The molecule has 1 saturated carbocycles. The lowest BCUT2D eigenvalue weighted by atomic mass is 10.1.